The van der Waals surface area contributed by atoms with E-state index in [1.165, 1.54) is 60.3 Å². The van der Waals surface area contributed by atoms with E-state index in [1.807, 2.05) is 6.26 Å². The fraction of sp³-hybridized carbons (Fsp3) is 0.393. The molecular formula is C28H37N5O8S. The van der Waals surface area contributed by atoms with Crippen LogP contribution in [0.1, 0.15) is 30.4 Å². The third-order valence-corrected chi connectivity index (χ3v) is 6.93. The Hall–Kier alpha value is -4.30. The summed E-state index contributed by atoms with van der Waals surface area (Å²) < 4.78 is 0. The molecule has 0 saturated heterocycles. The highest BCUT2D eigenvalue weighted by Gasteiger charge is 2.31. The number of benzene rings is 2. The van der Waals surface area contributed by atoms with Gasteiger partial charge >= 0.3 is 5.97 Å². The second-order valence-corrected chi connectivity index (χ2v) is 10.6. The van der Waals surface area contributed by atoms with Crippen molar-refractivity contribution in [1.82, 2.24) is 16.0 Å². The van der Waals surface area contributed by atoms with Gasteiger partial charge in [0, 0.05) is 19.3 Å². The SMILES string of the molecule is CSCCC(N)C(=O)NC(CCC(N)=O)C(=O)NC(Cc1ccc(O)cc1)C(=O)NC(Cc1ccc(O)cc1)C(=O)O. The zero-order valence-electron chi connectivity index (χ0n) is 23.1. The van der Waals surface area contributed by atoms with Gasteiger partial charge in [-0.05, 0) is 60.2 Å². The molecule has 42 heavy (non-hydrogen) atoms. The molecule has 13 nitrogen and oxygen atoms in total. The van der Waals surface area contributed by atoms with Crippen molar-refractivity contribution in [3.63, 3.8) is 0 Å². The number of carboxylic acid groups (broad SMARTS) is 1. The van der Waals surface area contributed by atoms with E-state index >= 15 is 0 Å². The Morgan fingerprint density at radius 2 is 1.19 bits per heavy atom. The van der Waals surface area contributed by atoms with Gasteiger partial charge in [-0.3, -0.25) is 19.2 Å². The maximum atomic E-state index is 13.4. The van der Waals surface area contributed by atoms with Crippen molar-refractivity contribution in [2.24, 2.45) is 11.5 Å². The number of rotatable bonds is 17. The molecule has 0 radical (unpaired) electrons. The zero-order chi connectivity index (χ0) is 31.2. The molecule has 0 fully saturated rings. The topological polar surface area (TPSA) is 234 Å². The largest absolute Gasteiger partial charge is 0.508 e. The van der Waals surface area contributed by atoms with Gasteiger partial charge in [0.15, 0.2) is 0 Å². The van der Waals surface area contributed by atoms with Gasteiger partial charge in [-0.15, -0.1) is 0 Å². The van der Waals surface area contributed by atoms with E-state index in [0.29, 0.717) is 23.3 Å². The molecule has 0 bridgehead atoms. The molecule has 0 spiro atoms. The molecule has 4 unspecified atom stereocenters. The summed E-state index contributed by atoms with van der Waals surface area (Å²) in [5.41, 5.74) is 12.2. The highest BCUT2D eigenvalue weighted by Crippen LogP contribution is 2.14. The van der Waals surface area contributed by atoms with Crippen LogP contribution in [-0.2, 0) is 36.8 Å². The van der Waals surface area contributed by atoms with Crippen LogP contribution in [0.15, 0.2) is 48.5 Å². The normalized spacial score (nSPS) is 13.7. The summed E-state index contributed by atoms with van der Waals surface area (Å²) in [6.45, 7) is 0. The van der Waals surface area contributed by atoms with Crippen LogP contribution in [0.3, 0.4) is 0 Å². The average molecular weight is 604 g/mol. The van der Waals surface area contributed by atoms with Gasteiger partial charge in [-0.2, -0.15) is 11.8 Å². The maximum absolute atomic E-state index is 13.4. The number of nitrogens with one attached hydrogen (secondary N) is 3. The van der Waals surface area contributed by atoms with E-state index in [0.717, 1.165) is 0 Å². The van der Waals surface area contributed by atoms with Crippen LogP contribution in [0, 0.1) is 0 Å². The quantitative estimate of drug-likeness (QED) is 0.118. The number of carboxylic acids is 1. The van der Waals surface area contributed by atoms with Crippen molar-refractivity contribution in [2.75, 3.05) is 12.0 Å². The second-order valence-electron chi connectivity index (χ2n) is 9.66. The summed E-state index contributed by atoms with van der Waals surface area (Å²) in [6, 6.07) is 6.81. The van der Waals surface area contributed by atoms with Crippen molar-refractivity contribution in [2.45, 2.75) is 56.3 Å². The first-order valence-corrected chi connectivity index (χ1v) is 14.5. The number of nitrogens with two attached hydrogens (primary N) is 2. The molecule has 4 amide bonds. The summed E-state index contributed by atoms with van der Waals surface area (Å²) in [5, 5.41) is 36.4. The van der Waals surface area contributed by atoms with Crippen LogP contribution in [-0.4, -0.2) is 81.1 Å². The van der Waals surface area contributed by atoms with Crippen LogP contribution in [0.25, 0.3) is 0 Å². The molecular weight excluding hydrogens is 566 g/mol. The molecule has 2 aromatic carbocycles. The monoisotopic (exact) mass is 603 g/mol. The fourth-order valence-electron chi connectivity index (χ4n) is 3.90. The zero-order valence-corrected chi connectivity index (χ0v) is 23.9. The summed E-state index contributed by atoms with van der Waals surface area (Å²) in [7, 11) is 0. The van der Waals surface area contributed by atoms with E-state index < -0.39 is 53.8 Å². The molecule has 0 aromatic heterocycles. The average Bonchev–Trinajstić information content (AvgIpc) is 2.94. The van der Waals surface area contributed by atoms with E-state index in [2.05, 4.69) is 16.0 Å². The van der Waals surface area contributed by atoms with Gasteiger partial charge in [-0.1, -0.05) is 24.3 Å². The Kier molecular flexibility index (Phi) is 13.6. The van der Waals surface area contributed by atoms with Gasteiger partial charge in [0.2, 0.25) is 23.6 Å². The Bertz CT molecular complexity index is 1230. The number of hydrogen-bond donors (Lipinski definition) is 8. The highest BCUT2D eigenvalue weighted by molar-refractivity contribution is 7.98. The second kappa shape index (κ2) is 16.8. The number of phenols is 2. The van der Waals surface area contributed by atoms with Crippen LogP contribution in [0.4, 0.5) is 0 Å². The standard InChI is InChI=1S/C28H37N5O8S/c1-42-13-12-20(29)25(37)31-21(10-11-24(30)36)26(38)32-22(14-16-2-6-18(34)7-3-16)27(39)33-23(28(40)41)15-17-4-8-19(35)9-5-17/h2-9,20-23,34-35H,10-15,29H2,1H3,(H2,30,36)(H,31,37)(H,32,38)(H,33,39)(H,40,41). The number of phenolic OH excluding ortho intramolecular Hbond substituents is 2. The number of aliphatic carboxylic acids is 1. The summed E-state index contributed by atoms with van der Waals surface area (Å²) in [4.78, 5) is 62.8. The molecule has 0 aliphatic carbocycles. The molecule has 14 heteroatoms. The Balaban J connectivity index is 2.28. The molecule has 2 rings (SSSR count). The first-order chi connectivity index (χ1) is 19.9. The van der Waals surface area contributed by atoms with Gasteiger partial charge in [0.25, 0.3) is 0 Å². The Morgan fingerprint density at radius 3 is 1.67 bits per heavy atom. The predicted octanol–water partition coefficient (Wildman–Crippen LogP) is -0.232. The first kappa shape index (κ1) is 33.9. The van der Waals surface area contributed by atoms with Gasteiger partial charge in [0.05, 0.1) is 6.04 Å². The van der Waals surface area contributed by atoms with Crippen molar-refractivity contribution in [3.8, 4) is 11.5 Å². The van der Waals surface area contributed by atoms with Crippen LogP contribution in [0.5, 0.6) is 11.5 Å². The van der Waals surface area contributed by atoms with E-state index in [-0.39, 0.29) is 37.2 Å². The number of thioether (sulfide) groups is 1. The lowest BCUT2D eigenvalue weighted by Gasteiger charge is -2.25. The molecule has 0 saturated carbocycles. The fourth-order valence-corrected chi connectivity index (χ4v) is 4.39. The lowest BCUT2D eigenvalue weighted by molar-refractivity contribution is -0.142. The van der Waals surface area contributed by atoms with E-state index in [1.54, 1.807) is 0 Å². The smallest absolute Gasteiger partial charge is 0.326 e. The third-order valence-electron chi connectivity index (χ3n) is 6.28. The number of amides is 4. The first-order valence-electron chi connectivity index (χ1n) is 13.1. The van der Waals surface area contributed by atoms with E-state index in [9.17, 15) is 39.3 Å². The van der Waals surface area contributed by atoms with E-state index in [4.69, 9.17) is 11.5 Å². The minimum Gasteiger partial charge on any atom is -0.508 e. The van der Waals surface area contributed by atoms with Crippen LogP contribution >= 0.6 is 11.8 Å². The summed E-state index contributed by atoms with van der Waals surface area (Å²) in [6.07, 6.45) is 1.61. The number of primary amides is 1. The minimum atomic E-state index is -1.37. The maximum Gasteiger partial charge on any atom is 0.326 e. The molecule has 10 N–H and O–H groups in total. The minimum absolute atomic E-state index is 0.00507. The Labute approximate surface area is 247 Å². The number of carbonyl (C=O) groups is 5. The van der Waals surface area contributed by atoms with Crippen molar-refractivity contribution >= 4 is 41.4 Å². The van der Waals surface area contributed by atoms with Crippen molar-refractivity contribution < 1.29 is 39.3 Å². The molecule has 0 aliphatic heterocycles. The predicted molar refractivity (Wildman–Crippen MR) is 156 cm³/mol. The number of carbonyl (C=O) groups excluding carboxylic acids is 4. The summed E-state index contributed by atoms with van der Waals surface area (Å²) in [5.74, 6) is -3.68. The molecule has 4 atom stereocenters. The summed E-state index contributed by atoms with van der Waals surface area (Å²) >= 11 is 1.49. The molecule has 0 aliphatic rings. The van der Waals surface area contributed by atoms with Crippen LogP contribution in [0.2, 0.25) is 0 Å². The lowest BCUT2D eigenvalue weighted by Crippen LogP contribution is -2.58. The molecule has 0 heterocycles. The van der Waals surface area contributed by atoms with Gasteiger partial charge in [0.1, 0.15) is 29.6 Å². The molecule has 2 aromatic rings. The number of hydrogen-bond acceptors (Lipinski definition) is 9. The third kappa shape index (κ3) is 11.7. The van der Waals surface area contributed by atoms with Crippen molar-refractivity contribution in [1.29, 1.82) is 0 Å². The number of aromatic hydroxyl groups is 2. The van der Waals surface area contributed by atoms with Gasteiger partial charge in [-0.25, -0.2) is 4.79 Å². The lowest BCUT2D eigenvalue weighted by atomic mass is 10.0. The highest BCUT2D eigenvalue weighted by atomic mass is 32.2. The van der Waals surface area contributed by atoms with Crippen LogP contribution < -0.4 is 27.4 Å². The Morgan fingerprint density at radius 1 is 0.738 bits per heavy atom. The van der Waals surface area contributed by atoms with Crippen molar-refractivity contribution in [3.05, 3.63) is 59.7 Å². The van der Waals surface area contributed by atoms with Gasteiger partial charge < -0.3 is 42.7 Å². The molecule has 228 valence electrons.